The summed E-state index contributed by atoms with van der Waals surface area (Å²) in [6.07, 6.45) is 0. The van der Waals surface area contributed by atoms with Crippen LogP contribution in [0, 0.1) is 0 Å². The maximum Gasteiger partial charge on any atom is 0.197 e. The van der Waals surface area contributed by atoms with Crippen LogP contribution in [-0.4, -0.2) is 21.3 Å². The molecule has 0 atom stereocenters. The van der Waals surface area contributed by atoms with E-state index >= 15 is 0 Å². The van der Waals surface area contributed by atoms with E-state index in [1.807, 2.05) is 6.07 Å². The molecule has 0 fully saturated rings. The summed E-state index contributed by atoms with van der Waals surface area (Å²) in [4.78, 5) is 0. The Bertz CT molecular complexity index is 335. The van der Waals surface area contributed by atoms with Crippen LogP contribution in [0.2, 0.25) is 0 Å². The SMILES string of the molecule is O/N=C(\C(Cl)=N/O)c1ccccc1. The average Bonchev–Trinajstić information content (AvgIpc) is 2.20. The van der Waals surface area contributed by atoms with Gasteiger partial charge in [0.05, 0.1) is 0 Å². The quantitative estimate of drug-likeness (QED) is 0.433. The smallest absolute Gasteiger partial charge is 0.197 e. The van der Waals surface area contributed by atoms with Crippen molar-refractivity contribution in [2.24, 2.45) is 10.3 Å². The first-order valence-corrected chi connectivity index (χ1v) is 3.82. The Balaban J connectivity index is 3.07. The molecule has 0 bridgehead atoms. The largest absolute Gasteiger partial charge is 0.410 e. The first-order chi connectivity index (χ1) is 6.29. The Morgan fingerprint density at radius 2 is 1.69 bits per heavy atom. The van der Waals surface area contributed by atoms with Gasteiger partial charge in [-0.05, 0) is 0 Å². The van der Waals surface area contributed by atoms with Crippen LogP contribution in [0.5, 0.6) is 0 Å². The number of halogens is 1. The molecular formula is C8H7ClN2O2. The molecule has 13 heavy (non-hydrogen) atoms. The average molecular weight is 199 g/mol. The van der Waals surface area contributed by atoms with E-state index in [9.17, 15) is 0 Å². The number of oxime groups is 2. The Labute approximate surface area is 79.8 Å². The fourth-order valence-corrected chi connectivity index (χ4v) is 1.01. The molecule has 1 aromatic carbocycles. The Morgan fingerprint density at radius 3 is 2.15 bits per heavy atom. The fourth-order valence-electron chi connectivity index (χ4n) is 0.861. The minimum Gasteiger partial charge on any atom is -0.410 e. The van der Waals surface area contributed by atoms with Crippen molar-refractivity contribution in [2.75, 3.05) is 0 Å². The fraction of sp³-hybridized carbons (Fsp3) is 0. The highest BCUT2D eigenvalue weighted by Gasteiger charge is 2.09. The zero-order valence-electron chi connectivity index (χ0n) is 6.55. The molecule has 1 aromatic rings. The molecule has 2 N–H and O–H groups in total. The van der Waals surface area contributed by atoms with Gasteiger partial charge in [-0.25, -0.2) is 0 Å². The molecule has 0 saturated heterocycles. The highest BCUT2D eigenvalue weighted by Crippen LogP contribution is 2.04. The lowest BCUT2D eigenvalue weighted by Gasteiger charge is -1.99. The van der Waals surface area contributed by atoms with E-state index in [4.69, 9.17) is 22.0 Å². The molecule has 5 heteroatoms. The lowest BCUT2D eigenvalue weighted by molar-refractivity contribution is 0.315. The second-order valence-electron chi connectivity index (χ2n) is 2.21. The zero-order chi connectivity index (χ0) is 9.68. The van der Waals surface area contributed by atoms with Crippen molar-refractivity contribution in [3.05, 3.63) is 35.9 Å². The number of hydrogen-bond donors (Lipinski definition) is 2. The van der Waals surface area contributed by atoms with Gasteiger partial charge < -0.3 is 10.4 Å². The van der Waals surface area contributed by atoms with Crippen LogP contribution in [-0.2, 0) is 0 Å². The summed E-state index contributed by atoms with van der Waals surface area (Å²) in [5.74, 6) is 0. The summed E-state index contributed by atoms with van der Waals surface area (Å²) in [5, 5.41) is 22.3. The van der Waals surface area contributed by atoms with Gasteiger partial charge in [-0.1, -0.05) is 52.2 Å². The molecule has 1 rings (SSSR count). The monoisotopic (exact) mass is 198 g/mol. The van der Waals surface area contributed by atoms with Crippen LogP contribution in [0.1, 0.15) is 5.56 Å². The molecule has 0 radical (unpaired) electrons. The maximum atomic E-state index is 8.59. The molecule has 0 aliphatic rings. The summed E-state index contributed by atoms with van der Waals surface area (Å²) in [7, 11) is 0. The third kappa shape index (κ3) is 2.19. The van der Waals surface area contributed by atoms with Gasteiger partial charge >= 0.3 is 0 Å². The van der Waals surface area contributed by atoms with Crippen molar-refractivity contribution in [3.8, 4) is 0 Å². The van der Waals surface area contributed by atoms with Gasteiger partial charge in [0, 0.05) is 5.56 Å². The summed E-state index contributed by atoms with van der Waals surface area (Å²) >= 11 is 5.48. The lowest BCUT2D eigenvalue weighted by Crippen LogP contribution is -2.09. The van der Waals surface area contributed by atoms with Gasteiger partial charge in [-0.3, -0.25) is 0 Å². The van der Waals surface area contributed by atoms with Crippen LogP contribution in [0.4, 0.5) is 0 Å². The zero-order valence-corrected chi connectivity index (χ0v) is 7.31. The minimum absolute atomic E-state index is 0.0322. The summed E-state index contributed by atoms with van der Waals surface area (Å²) in [5.41, 5.74) is 0.609. The van der Waals surface area contributed by atoms with Crippen molar-refractivity contribution in [3.63, 3.8) is 0 Å². The standard InChI is InChI=1S/C8H7ClN2O2/c9-8(11-13)7(10-12)6-4-2-1-3-5-6/h1-5,12-13H/b10-7-,11-8+. The first kappa shape index (κ1) is 9.54. The minimum atomic E-state index is -0.256. The van der Waals surface area contributed by atoms with Gasteiger partial charge in [-0.2, -0.15) is 0 Å². The highest BCUT2D eigenvalue weighted by atomic mass is 35.5. The molecule has 68 valence electrons. The van der Waals surface area contributed by atoms with Crippen LogP contribution in [0.15, 0.2) is 40.6 Å². The molecule has 0 unspecified atom stereocenters. The Morgan fingerprint density at radius 1 is 1.08 bits per heavy atom. The van der Waals surface area contributed by atoms with Crippen LogP contribution in [0.25, 0.3) is 0 Å². The number of rotatable bonds is 2. The molecule has 0 spiro atoms. The molecule has 0 aliphatic heterocycles. The molecule has 0 aromatic heterocycles. The second-order valence-corrected chi connectivity index (χ2v) is 2.56. The third-order valence-corrected chi connectivity index (χ3v) is 1.69. The number of hydrogen-bond acceptors (Lipinski definition) is 4. The van der Waals surface area contributed by atoms with Crippen LogP contribution >= 0.6 is 11.6 Å². The second kappa shape index (κ2) is 4.47. The van der Waals surface area contributed by atoms with E-state index in [1.165, 1.54) is 0 Å². The van der Waals surface area contributed by atoms with Crippen molar-refractivity contribution >= 4 is 22.5 Å². The van der Waals surface area contributed by atoms with Crippen molar-refractivity contribution in [2.45, 2.75) is 0 Å². The molecule has 0 saturated carbocycles. The van der Waals surface area contributed by atoms with E-state index < -0.39 is 0 Å². The molecule has 0 aliphatic carbocycles. The van der Waals surface area contributed by atoms with Gasteiger partial charge in [0.25, 0.3) is 0 Å². The van der Waals surface area contributed by atoms with Crippen molar-refractivity contribution < 1.29 is 10.4 Å². The van der Waals surface area contributed by atoms with Gasteiger partial charge in [0.2, 0.25) is 0 Å². The van der Waals surface area contributed by atoms with Gasteiger partial charge in [0.1, 0.15) is 0 Å². The van der Waals surface area contributed by atoms with Crippen molar-refractivity contribution in [1.29, 1.82) is 0 Å². The first-order valence-electron chi connectivity index (χ1n) is 3.45. The summed E-state index contributed by atoms with van der Waals surface area (Å²) in [6.45, 7) is 0. The Hall–Kier alpha value is -1.55. The van der Waals surface area contributed by atoms with Crippen LogP contribution in [0.3, 0.4) is 0 Å². The molecule has 0 amide bonds. The Kier molecular flexibility index (Phi) is 3.28. The number of nitrogens with zero attached hydrogens (tertiary/aromatic N) is 2. The molecular weight excluding hydrogens is 192 g/mol. The summed E-state index contributed by atoms with van der Waals surface area (Å²) in [6, 6.07) is 8.68. The lowest BCUT2D eigenvalue weighted by atomic mass is 10.1. The predicted molar refractivity (Wildman–Crippen MR) is 49.8 cm³/mol. The predicted octanol–water partition coefficient (Wildman–Crippen LogP) is 1.89. The van der Waals surface area contributed by atoms with Crippen LogP contribution < -0.4 is 0 Å². The van der Waals surface area contributed by atoms with E-state index in [2.05, 4.69) is 10.3 Å². The van der Waals surface area contributed by atoms with E-state index in [0.717, 1.165) is 0 Å². The molecule has 4 nitrogen and oxygen atoms in total. The van der Waals surface area contributed by atoms with Gasteiger partial charge in [-0.15, -0.1) is 0 Å². The number of benzene rings is 1. The third-order valence-electron chi connectivity index (χ3n) is 1.43. The van der Waals surface area contributed by atoms with E-state index in [-0.39, 0.29) is 10.9 Å². The van der Waals surface area contributed by atoms with Gasteiger partial charge in [0.15, 0.2) is 10.9 Å². The van der Waals surface area contributed by atoms with E-state index in [1.54, 1.807) is 24.3 Å². The maximum absolute atomic E-state index is 8.59. The van der Waals surface area contributed by atoms with E-state index in [0.29, 0.717) is 5.56 Å². The van der Waals surface area contributed by atoms with Crippen molar-refractivity contribution in [1.82, 2.24) is 0 Å². The highest BCUT2D eigenvalue weighted by molar-refractivity contribution is 6.85. The normalized spacial score (nSPS) is 13.0. The summed E-state index contributed by atoms with van der Waals surface area (Å²) < 4.78 is 0. The molecule has 0 heterocycles. The topological polar surface area (TPSA) is 65.2 Å².